The summed E-state index contributed by atoms with van der Waals surface area (Å²) in [6.45, 7) is 4.75. The minimum absolute atomic E-state index is 0.136. The van der Waals surface area contributed by atoms with Crippen LogP contribution in [0.15, 0.2) is 0 Å². The van der Waals surface area contributed by atoms with Gasteiger partial charge < -0.3 is 4.74 Å². The van der Waals surface area contributed by atoms with Gasteiger partial charge in [0, 0.05) is 6.92 Å². The molecule has 5 nitrogen and oxygen atoms in total. The lowest BCUT2D eigenvalue weighted by molar-refractivity contribution is -0.140. The summed E-state index contributed by atoms with van der Waals surface area (Å²) in [7, 11) is -4.82. The molecule has 0 spiro atoms. The van der Waals surface area contributed by atoms with Gasteiger partial charge in [0.05, 0.1) is 13.7 Å². The summed E-state index contributed by atoms with van der Waals surface area (Å²) in [5, 5.41) is 0. The number of hydrogen-bond acceptors (Lipinski definition) is 5. The van der Waals surface area contributed by atoms with Crippen LogP contribution in [0.4, 0.5) is 0 Å². The van der Waals surface area contributed by atoms with Gasteiger partial charge in [-0.25, -0.2) is 8.42 Å². The molecule has 0 aromatic heterocycles. The monoisotopic (exact) mass is 240 g/mol. The third-order valence-corrected chi connectivity index (χ3v) is 10.3. The van der Waals surface area contributed by atoms with Gasteiger partial charge in [0.2, 0.25) is 16.8 Å². The van der Waals surface area contributed by atoms with Crippen LogP contribution < -0.4 is 0 Å². The van der Waals surface area contributed by atoms with E-state index in [4.69, 9.17) is 4.74 Å². The smallest absolute Gasteiger partial charge is 0.302 e. The van der Waals surface area contributed by atoms with Gasteiger partial charge >= 0.3 is 5.97 Å². The van der Waals surface area contributed by atoms with Crippen LogP contribution >= 0.6 is 0 Å². The Morgan fingerprint density at radius 1 is 1.36 bits per heavy atom. The SMILES string of the molecule is COS(=O)(=O)[Si](C)(C)CCOC(C)=O. The first-order valence-electron chi connectivity index (χ1n) is 4.16. The highest BCUT2D eigenvalue weighted by molar-refractivity contribution is 8.18. The molecule has 0 bridgehead atoms. The van der Waals surface area contributed by atoms with Crippen molar-refractivity contribution in [3.63, 3.8) is 0 Å². The van der Waals surface area contributed by atoms with Crippen molar-refractivity contribution in [2.24, 2.45) is 0 Å². The number of carbonyl (C=O) groups excluding carboxylic acids is 1. The Hall–Kier alpha value is -0.403. The Bertz CT molecular complexity index is 295. The number of ether oxygens (including phenoxy) is 1. The van der Waals surface area contributed by atoms with Crippen LogP contribution in [0, 0.1) is 0 Å². The molecule has 0 aromatic carbocycles. The van der Waals surface area contributed by atoms with Crippen molar-refractivity contribution < 1.29 is 22.1 Å². The lowest BCUT2D eigenvalue weighted by Crippen LogP contribution is -2.39. The maximum atomic E-state index is 11.4. The largest absolute Gasteiger partial charge is 0.466 e. The van der Waals surface area contributed by atoms with E-state index in [-0.39, 0.29) is 6.61 Å². The van der Waals surface area contributed by atoms with Gasteiger partial charge in [0.15, 0.2) is 0 Å². The normalized spacial score (nSPS) is 12.6. The maximum absolute atomic E-state index is 11.4. The summed E-state index contributed by atoms with van der Waals surface area (Å²) in [5.41, 5.74) is 0. The third kappa shape index (κ3) is 3.77. The van der Waals surface area contributed by atoms with Crippen LogP contribution in [0.2, 0.25) is 19.1 Å². The summed E-state index contributed by atoms with van der Waals surface area (Å²) in [6, 6.07) is 0.350. The summed E-state index contributed by atoms with van der Waals surface area (Å²) < 4.78 is 31.9. The molecule has 0 rings (SSSR count). The molecule has 0 amide bonds. The first-order valence-corrected chi connectivity index (χ1v) is 9.50. The second kappa shape index (κ2) is 4.90. The zero-order valence-corrected chi connectivity index (χ0v) is 10.7. The van der Waals surface area contributed by atoms with Crippen LogP contribution in [0.1, 0.15) is 6.92 Å². The van der Waals surface area contributed by atoms with E-state index in [2.05, 4.69) is 4.18 Å². The van der Waals surface area contributed by atoms with Crippen LogP contribution in [-0.2, 0) is 23.3 Å². The van der Waals surface area contributed by atoms with Crippen molar-refractivity contribution in [2.45, 2.75) is 26.1 Å². The Kier molecular flexibility index (Phi) is 4.76. The Labute approximate surface area is 85.2 Å². The van der Waals surface area contributed by atoms with Crippen molar-refractivity contribution in [3.05, 3.63) is 0 Å². The molecule has 0 radical (unpaired) electrons. The minimum atomic E-state index is -3.45. The van der Waals surface area contributed by atoms with Gasteiger partial charge in [-0.1, -0.05) is 13.1 Å². The zero-order chi connectivity index (χ0) is 11.4. The van der Waals surface area contributed by atoms with Gasteiger partial charge in [-0.3, -0.25) is 8.98 Å². The third-order valence-electron chi connectivity index (χ3n) is 1.91. The van der Waals surface area contributed by atoms with Gasteiger partial charge in [0.1, 0.15) is 0 Å². The minimum Gasteiger partial charge on any atom is -0.466 e. The molecule has 0 N–H and O–H groups in total. The van der Waals surface area contributed by atoms with Crippen LogP contribution in [0.5, 0.6) is 0 Å². The second-order valence-corrected chi connectivity index (χ2v) is 13.5. The van der Waals surface area contributed by atoms with Gasteiger partial charge in [-0.15, -0.1) is 0 Å². The summed E-state index contributed by atoms with van der Waals surface area (Å²) >= 11 is 0. The molecule has 0 aromatic rings. The highest BCUT2D eigenvalue weighted by atomic mass is 32.4. The van der Waals surface area contributed by atoms with E-state index in [9.17, 15) is 13.2 Å². The molecule has 0 saturated heterocycles. The molecule has 0 fully saturated rings. The van der Waals surface area contributed by atoms with Gasteiger partial charge in [-0.2, -0.15) is 0 Å². The Morgan fingerprint density at radius 3 is 2.21 bits per heavy atom. The van der Waals surface area contributed by atoms with Crippen molar-refractivity contribution in [1.29, 1.82) is 0 Å². The van der Waals surface area contributed by atoms with Crippen molar-refractivity contribution >= 4 is 22.8 Å². The summed E-state index contributed by atoms with van der Waals surface area (Å²) in [6.07, 6.45) is 0. The number of rotatable bonds is 5. The molecule has 14 heavy (non-hydrogen) atoms. The fourth-order valence-electron chi connectivity index (χ4n) is 0.791. The highest BCUT2D eigenvalue weighted by Crippen LogP contribution is 2.18. The Balaban J connectivity index is 4.29. The average Bonchev–Trinajstić information content (AvgIpc) is 2.03. The van der Waals surface area contributed by atoms with E-state index in [1.165, 1.54) is 6.92 Å². The van der Waals surface area contributed by atoms with E-state index >= 15 is 0 Å². The molecule has 0 atom stereocenters. The van der Waals surface area contributed by atoms with E-state index in [1.807, 2.05) is 0 Å². The van der Waals surface area contributed by atoms with Crippen LogP contribution in [-0.4, -0.2) is 35.3 Å². The summed E-state index contributed by atoms with van der Waals surface area (Å²) in [4.78, 5) is 10.5. The fourth-order valence-corrected chi connectivity index (χ4v) is 4.44. The molecule has 0 heterocycles. The van der Waals surface area contributed by atoms with Crippen molar-refractivity contribution in [3.8, 4) is 0 Å². The molecule has 7 heteroatoms. The predicted molar refractivity (Wildman–Crippen MR) is 54.9 cm³/mol. The fraction of sp³-hybridized carbons (Fsp3) is 0.857. The molecule has 0 aliphatic carbocycles. The second-order valence-electron chi connectivity index (χ2n) is 3.47. The highest BCUT2D eigenvalue weighted by Gasteiger charge is 2.37. The summed E-state index contributed by atoms with van der Waals surface area (Å²) in [5.74, 6) is -0.399. The van der Waals surface area contributed by atoms with E-state index < -0.39 is 22.8 Å². The number of hydrogen-bond donors (Lipinski definition) is 0. The molecule has 0 unspecified atom stereocenters. The molecular weight excluding hydrogens is 224 g/mol. The molecular formula is C7H16O5SSi. The lowest BCUT2D eigenvalue weighted by Gasteiger charge is -2.19. The van der Waals surface area contributed by atoms with Gasteiger partial charge in [-0.05, 0) is 6.04 Å². The van der Waals surface area contributed by atoms with Crippen LogP contribution in [0.3, 0.4) is 0 Å². The first kappa shape index (κ1) is 13.6. The van der Waals surface area contributed by atoms with Crippen molar-refractivity contribution in [2.75, 3.05) is 13.7 Å². The number of esters is 1. The quantitative estimate of drug-likeness (QED) is 0.523. The van der Waals surface area contributed by atoms with Crippen molar-refractivity contribution in [1.82, 2.24) is 0 Å². The van der Waals surface area contributed by atoms with Crippen LogP contribution in [0.25, 0.3) is 0 Å². The van der Waals surface area contributed by atoms with Gasteiger partial charge in [0.25, 0.3) is 0 Å². The standard InChI is InChI=1S/C7H16O5SSi/c1-7(8)12-5-6-14(3,4)13(9,10)11-2/h5-6H2,1-4H3. The zero-order valence-electron chi connectivity index (χ0n) is 8.86. The molecule has 84 valence electrons. The lowest BCUT2D eigenvalue weighted by atomic mass is 10.8. The molecule has 0 aliphatic rings. The Morgan fingerprint density at radius 2 is 1.86 bits per heavy atom. The number of carbonyl (C=O) groups is 1. The molecule has 0 aliphatic heterocycles. The topological polar surface area (TPSA) is 69.7 Å². The maximum Gasteiger partial charge on any atom is 0.302 e. The molecule has 0 saturated carbocycles. The predicted octanol–water partition coefficient (Wildman–Crippen LogP) is 0.731. The van der Waals surface area contributed by atoms with E-state index in [0.29, 0.717) is 6.04 Å². The first-order chi connectivity index (χ1) is 6.23. The van der Waals surface area contributed by atoms with E-state index in [0.717, 1.165) is 7.11 Å². The van der Waals surface area contributed by atoms with E-state index in [1.54, 1.807) is 13.1 Å². The average molecular weight is 240 g/mol.